The monoisotopic (exact) mass is 550 g/mol. The van der Waals surface area contributed by atoms with Gasteiger partial charge >= 0.3 is 12.5 Å². The van der Waals surface area contributed by atoms with Gasteiger partial charge in [0.05, 0.1) is 5.56 Å². The fraction of sp³-hybridized carbons (Fsp3) is 0.419. The number of benzene rings is 3. The van der Waals surface area contributed by atoms with Gasteiger partial charge in [-0.2, -0.15) is 8.78 Å². The highest BCUT2D eigenvalue weighted by atomic mass is 19.4. The number of hydrogen-bond donors (Lipinski definition) is 0. The van der Waals surface area contributed by atoms with Crippen LogP contribution in [0.25, 0.3) is 11.1 Å². The molecule has 210 valence electrons. The maximum Gasteiger partial charge on any atom is 0.573 e. The summed E-state index contributed by atoms with van der Waals surface area (Å²) in [6.45, 7) is 2.20. The molecule has 1 aliphatic carbocycles. The molecule has 0 aromatic heterocycles. The van der Waals surface area contributed by atoms with Crippen molar-refractivity contribution in [2.24, 2.45) is 5.92 Å². The zero-order valence-corrected chi connectivity index (χ0v) is 21.7. The minimum absolute atomic E-state index is 0.0640. The van der Waals surface area contributed by atoms with Crippen LogP contribution in [0.5, 0.6) is 11.5 Å². The van der Waals surface area contributed by atoms with Gasteiger partial charge in [0.1, 0.15) is 5.75 Å². The van der Waals surface area contributed by atoms with E-state index in [2.05, 4.69) is 11.7 Å². The topological polar surface area (TPSA) is 18.5 Å². The van der Waals surface area contributed by atoms with Crippen LogP contribution in [0.2, 0.25) is 0 Å². The van der Waals surface area contributed by atoms with E-state index in [9.17, 15) is 17.6 Å². The van der Waals surface area contributed by atoms with Crippen LogP contribution in [0, 0.1) is 11.7 Å². The minimum Gasteiger partial charge on any atom is -0.428 e. The molecule has 1 fully saturated rings. The Hall–Kier alpha value is -3.16. The van der Waals surface area contributed by atoms with Gasteiger partial charge in [-0.15, -0.1) is 13.2 Å². The lowest BCUT2D eigenvalue weighted by Gasteiger charge is -2.29. The first kappa shape index (κ1) is 28.8. The zero-order valence-electron chi connectivity index (χ0n) is 21.7. The minimum atomic E-state index is -5.06. The van der Waals surface area contributed by atoms with Crippen molar-refractivity contribution in [3.05, 3.63) is 83.7 Å². The van der Waals surface area contributed by atoms with E-state index in [4.69, 9.17) is 4.74 Å². The molecule has 1 saturated carbocycles. The molecule has 0 radical (unpaired) electrons. The Morgan fingerprint density at radius 3 is 2.10 bits per heavy atom. The van der Waals surface area contributed by atoms with E-state index in [1.165, 1.54) is 62.1 Å². The Morgan fingerprint density at radius 2 is 1.46 bits per heavy atom. The van der Waals surface area contributed by atoms with Gasteiger partial charge in [0.25, 0.3) is 0 Å². The largest absolute Gasteiger partial charge is 0.573 e. The molecule has 39 heavy (non-hydrogen) atoms. The standard InChI is InChI=1S/C31H32F6O2/c1-2-3-4-7-21-10-12-22(13-11-21)23-14-17-25(18-15-23)30(33,34)38-28-9-6-5-8-26(28)24-16-19-29(27(32)20-24)39-31(35,36)37/h5-6,8-9,14-22H,2-4,7,10-13H2,1H3/t21-,22-. The van der Waals surface area contributed by atoms with Crippen molar-refractivity contribution in [2.75, 3.05) is 0 Å². The van der Waals surface area contributed by atoms with E-state index in [1.807, 2.05) is 0 Å². The molecule has 0 N–H and O–H groups in total. The first-order valence-corrected chi connectivity index (χ1v) is 13.4. The SMILES string of the molecule is CCCCC[C@H]1CC[C@H](c2ccc(C(F)(F)Oc3ccccc3-c3ccc(OC(F)(F)F)c(F)c3)cc2)CC1. The van der Waals surface area contributed by atoms with Gasteiger partial charge in [-0.3, -0.25) is 0 Å². The van der Waals surface area contributed by atoms with Gasteiger partial charge < -0.3 is 9.47 Å². The number of halogens is 6. The van der Waals surface area contributed by atoms with E-state index >= 15 is 8.78 Å². The third-order valence-electron chi connectivity index (χ3n) is 7.37. The predicted octanol–water partition coefficient (Wildman–Crippen LogP) is 10.4. The highest BCUT2D eigenvalue weighted by Crippen LogP contribution is 2.41. The van der Waals surface area contributed by atoms with Crippen molar-refractivity contribution in [1.29, 1.82) is 0 Å². The van der Waals surface area contributed by atoms with Crippen molar-refractivity contribution in [1.82, 2.24) is 0 Å². The van der Waals surface area contributed by atoms with Crippen molar-refractivity contribution >= 4 is 0 Å². The fourth-order valence-corrected chi connectivity index (χ4v) is 5.28. The summed E-state index contributed by atoms with van der Waals surface area (Å²) >= 11 is 0. The summed E-state index contributed by atoms with van der Waals surface area (Å²) < 4.78 is 90.8. The van der Waals surface area contributed by atoms with E-state index < -0.39 is 24.0 Å². The second-order valence-corrected chi connectivity index (χ2v) is 10.1. The summed E-state index contributed by atoms with van der Waals surface area (Å²) in [5.74, 6) is -1.42. The van der Waals surface area contributed by atoms with E-state index in [1.54, 1.807) is 12.1 Å². The molecule has 0 heterocycles. The smallest absolute Gasteiger partial charge is 0.428 e. The number of rotatable bonds is 10. The molecule has 3 aromatic carbocycles. The number of hydrogen-bond acceptors (Lipinski definition) is 2. The van der Waals surface area contributed by atoms with E-state index in [-0.39, 0.29) is 22.4 Å². The Morgan fingerprint density at radius 1 is 0.769 bits per heavy atom. The lowest BCUT2D eigenvalue weighted by atomic mass is 9.77. The van der Waals surface area contributed by atoms with Crippen molar-refractivity contribution in [3.63, 3.8) is 0 Å². The van der Waals surface area contributed by atoms with Crippen LogP contribution in [-0.4, -0.2) is 6.36 Å². The highest BCUT2D eigenvalue weighted by molar-refractivity contribution is 5.71. The Balaban J connectivity index is 1.44. The van der Waals surface area contributed by atoms with Crippen LogP contribution in [0.15, 0.2) is 66.7 Å². The van der Waals surface area contributed by atoms with Crippen molar-refractivity contribution in [3.8, 4) is 22.6 Å². The van der Waals surface area contributed by atoms with Gasteiger partial charge in [-0.25, -0.2) is 4.39 Å². The molecule has 0 bridgehead atoms. The molecule has 8 heteroatoms. The van der Waals surface area contributed by atoms with Crippen molar-refractivity contribution < 1.29 is 35.8 Å². The fourth-order valence-electron chi connectivity index (χ4n) is 5.28. The second kappa shape index (κ2) is 12.3. The maximum absolute atomic E-state index is 15.2. The molecule has 0 saturated heterocycles. The van der Waals surface area contributed by atoms with Crippen LogP contribution in [-0.2, 0) is 6.11 Å². The maximum atomic E-state index is 15.2. The average Bonchev–Trinajstić information content (AvgIpc) is 2.90. The van der Waals surface area contributed by atoms with E-state index in [0.29, 0.717) is 5.92 Å². The molecule has 1 aliphatic rings. The third kappa shape index (κ3) is 7.70. The van der Waals surface area contributed by atoms with Gasteiger partial charge in [0.15, 0.2) is 11.6 Å². The summed E-state index contributed by atoms with van der Waals surface area (Å²) in [4.78, 5) is 0. The summed E-state index contributed by atoms with van der Waals surface area (Å²) in [7, 11) is 0. The normalized spacial score (nSPS) is 18.1. The van der Waals surface area contributed by atoms with Gasteiger partial charge in [0.2, 0.25) is 0 Å². The molecule has 0 aliphatic heterocycles. The molecule has 0 unspecified atom stereocenters. The number of para-hydroxylation sites is 1. The van der Waals surface area contributed by atoms with Crippen LogP contribution < -0.4 is 9.47 Å². The first-order valence-electron chi connectivity index (χ1n) is 13.4. The summed E-state index contributed by atoms with van der Waals surface area (Å²) in [5.41, 5.74) is 0.879. The summed E-state index contributed by atoms with van der Waals surface area (Å²) in [6.07, 6.45) is 0.703. The lowest BCUT2D eigenvalue weighted by Crippen LogP contribution is -2.22. The molecular weight excluding hydrogens is 518 g/mol. The average molecular weight is 551 g/mol. The van der Waals surface area contributed by atoms with Gasteiger partial charge in [-0.1, -0.05) is 69.0 Å². The molecular formula is C31H32F6O2. The highest BCUT2D eigenvalue weighted by Gasteiger charge is 2.36. The van der Waals surface area contributed by atoms with Crippen LogP contribution in [0.3, 0.4) is 0 Å². The molecule has 4 rings (SSSR count). The summed E-state index contributed by atoms with van der Waals surface area (Å²) in [6, 6.07) is 14.7. The number of unbranched alkanes of at least 4 members (excludes halogenated alkanes) is 2. The zero-order chi connectivity index (χ0) is 28.0. The third-order valence-corrected chi connectivity index (χ3v) is 7.37. The molecule has 0 atom stereocenters. The number of ether oxygens (including phenoxy) is 2. The van der Waals surface area contributed by atoms with Gasteiger partial charge in [0, 0.05) is 5.56 Å². The van der Waals surface area contributed by atoms with Crippen LogP contribution in [0.1, 0.15) is 75.3 Å². The Kier molecular flexibility index (Phi) is 9.13. The van der Waals surface area contributed by atoms with Crippen LogP contribution >= 0.6 is 0 Å². The predicted molar refractivity (Wildman–Crippen MR) is 138 cm³/mol. The quantitative estimate of drug-likeness (QED) is 0.185. The first-order chi connectivity index (χ1) is 18.6. The van der Waals surface area contributed by atoms with Gasteiger partial charge in [-0.05, 0) is 79.0 Å². The molecule has 2 nitrogen and oxygen atoms in total. The molecule has 0 amide bonds. The Bertz CT molecular complexity index is 1210. The number of alkyl halides is 5. The van der Waals surface area contributed by atoms with Crippen molar-refractivity contribution in [2.45, 2.75) is 76.7 Å². The van der Waals surface area contributed by atoms with E-state index in [0.717, 1.165) is 55.4 Å². The lowest BCUT2D eigenvalue weighted by molar-refractivity contribution is -0.275. The molecule has 3 aromatic rings. The molecule has 0 spiro atoms. The second-order valence-electron chi connectivity index (χ2n) is 10.1. The Labute approximate surface area is 225 Å². The van der Waals surface area contributed by atoms with Crippen LogP contribution in [0.4, 0.5) is 26.3 Å². The summed E-state index contributed by atoms with van der Waals surface area (Å²) in [5, 5.41) is 0.